The van der Waals surface area contributed by atoms with Crippen LogP contribution in [0, 0.1) is 0 Å². The molecule has 0 amide bonds. The quantitative estimate of drug-likeness (QED) is 0.100. The molecule has 0 aliphatic carbocycles. The zero-order chi connectivity index (χ0) is 31.0. The minimum atomic E-state index is -1.96. The highest BCUT2D eigenvalue weighted by atomic mass is 28.4. The van der Waals surface area contributed by atoms with Gasteiger partial charge in [0.2, 0.25) is 14.1 Å². The zero-order valence-corrected chi connectivity index (χ0v) is 27.0. The Morgan fingerprint density at radius 3 is 1.70 bits per heavy atom. The van der Waals surface area contributed by atoms with Crippen molar-refractivity contribution in [3.05, 3.63) is 168 Å². The van der Waals surface area contributed by atoms with Crippen LogP contribution in [0.3, 0.4) is 0 Å². The molecule has 0 saturated carbocycles. The second-order valence-corrected chi connectivity index (χ2v) is 17.6. The van der Waals surface area contributed by atoms with Crippen molar-refractivity contribution >= 4 is 24.9 Å². The first kappa shape index (κ1) is 29.3. The van der Waals surface area contributed by atoms with Crippen molar-refractivity contribution in [1.82, 2.24) is 9.55 Å². The van der Waals surface area contributed by atoms with Crippen LogP contribution in [-0.2, 0) is 5.54 Å². The van der Waals surface area contributed by atoms with E-state index >= 15 is 0 Å². The van der Waals surface area contributed by atoms with Gasteiger partial charge in [-0.3, -0.25) is 4.79 Å². The van der Waals surface area contributed by atoms with E-state index < -0.39 is 13.9 Å². The fraction of sp³-hybridized carbons (Fsp3) is 0.179. The predicted octanol–water partition coefficient (Wildman–Crippen LogP) is 9.49. The highest BCUT2D eigenvalue weighted by molar-refractivity contribution is 6.74. The fourth-order valence-electron chi connectivity index (χ4n) is 5.63. The normalized spacial score (nSPS) is 12.3. The SMILES string of the molecule is CC(C)(C)[Si](C)(C)Oc1ccc2cc(C(=O)c3cn(C(c4ccccc4)(c4ccccc4)c4ccccc4)cn3)ccc2c1. The molecule has 44 heavy (non-hydrogen) atoms. The van der Waals surface area contributed by atoms with Gasteiger partial charge in [0.05, 0.1) is 6.33 Å². The minimum absolute atomic E-state index is 0.112. The molecule has 0 fully saturated rings. The number of hydrogen-bond donors (Lipinski definition) is 0. The Balaban J connectivity index is 1.40. The van der Waals surface area contributed by atoms with Gasteiger partial charge in [-0.25, -0.2) is 4.98 Å². The third-order valence-corrected chi connectivity index (χ3v) is 13.4. The number of hydrogen-bond acceptors (Lipinski definition) is 3. The summed E-state index contributed by atoms with van der Waals surface area (Å²) in [6.07, 6.45) is 3.67. The second-order valence-electron chi connectivity index (χ2n) is 12.9. The molecule has 4 nitrogen and oxygen atoms in total. The van der Waals surface area contributed by atoms with Gasteiger partial charge in [-0.15, -0.1) is 0 Å². The number of imidazole rings is 1. The monoisotopic (exact) mass is 594 g/mol. The van der Waals surface area contributed by atoms with Gasteiger partial charge >= 0.3 is 0 Å². The Labute approximate surface area is 261 Å². The molecular weight excluding hydrogens is 557 g/mol. The molecule has 0 aliphatic rings. The summed E-state index contributed by atoms with van der Waals surface area (Å²) in [4.78, 5) is 18.6. The highest BCUT2D eigenvalue weighted by Gasteiger charge is 2.40. The van der Waals surface area contributed by atoms with E-state index in [2.05, 4.69) is 117 Å². The average Bonchev–Trinajstić information content (AvgIpc) is 3.52. The third kappa shape index (κ3) is 5.29. The van der Waals surface area contributed by atoms with E-state index in [9.17, 15) is 4.79 Å². The molecule has 0 unspecified atom stereocenters. The number of nitrogens with zero attached hydrogens (tertiary/aromatic N) is 2. The molecule has 0 radical (unpaired) electrons. The summed E-state index contributed by atoms with van der Waals surface area (Å²) in [5, 5.41) is 2.14. The Morgan fingerprint density at radius 2 is 1.18 bits per heavy atom. The van der Waals surface area contributed by atoms with E-state index in [1.54, 1.807) is 6.33 Å². The van der Waals surface area contributed by atoms with Gasteiger partial charge in [0.15, 0.2) is 0 Å². The van der Waals surface area contributed by atoms with Crippen molar-refractivity contribution in [3.8, 4) is 5.75 Å². The van der Waals surface area contributed by atoms with Gasteiger partial charge in [0.1, 0.15) is 17.0 Å². The summed E-state index contributed by atoms with van der Waals surface area (Å²) >= 11 is 0. The van der Waals surface area contributed by atoms with Gasteiger partial charge in [-0.1, -0.05) is 130 Å². The van der Waals surface area contributed by atoms with Crippen molar-refractivity contribution in [2.45, 2.75) is 44.4 Å². The molecule has 0 aliphatic heterocycles. The standard InChI is InChI=1S/C39H38N2O2Si/c1-38(2,3)44(4,5)43-35-24-23-29-25-31(22-21-30(29)26-35)37(42)36-27-41(28-40-36)39(32-15-9-6-10-16-32,33-17-11-7-12-18-33)34-19-13-8-14-20-34/h6-28H,1-5H3. The van der Waals surface area contributed by atoms with Gasteiger partial charge in [0, 0.05) is 11.8 Å². The smallest absolute Gasteiger partial charge is 0.250 e. The van der Waals surface area contributed by atoms with E-state index in [0.717, 1.165) is 33.2 Å². The zero-order valence-electron chi connectivity index (χ0n) is 26.0. The Morgan fingerprint density at radius 1 is 0.682 bits per heavy atom. The molecule has 5 aromatic carbocycles. The van der Waals surface area contributed by atoms with E-state index in [1.807, 2.05) is 54.7 Å². The molecule has 6 rings (SSSR count). The number of ketones is 1. The molecule has 5 heteroatoms. The van der Waals surface area contributed by atoms with Crippen LogP contribution in [0.2, 0.25) is 18.1 Å². The minimum Gasteiger partial charge on any atom is -0.543 e. The fourth-order valence-corrected chi connectivity index (χ4v) is 6.66. The molecule has 0 bridgehead atoms. The third-order valence-electron chi connectivity index (χ3n) is 9.03. The van der Waals surface area contributed by atoms with Crippen LogP contribution in [0.25, 0.3) is 10.8 Å². The lowest BCUT2D eigenvalue weighted by Crippen LogP contribution is -2.43. The van der Waals surface area contributed by atoms with Crippen molar-refractivity contribution in [3.63, 3.8) is 0 Å². The number of carbonyl (C=O) groups is 1. The summed E-state index contributed by atoms with van der Waals surface area (Å²) in [5.41, 5.74) is 3.51. The number of benzene rings is 5. The first-order valence-corrected chi connectivity index (χ1v) is 18.0. The lowest BCUT2D eigenvalue weighted by Gasteiger charge is -2.37. The van der Waals surface area contributed by atoms with Crippen LogP contribution in [0.5, 0.6) is 5.75 Å². The van der Waals surface area contributed by atoms with Crippen molar-refractivity contribution < 1.29 is 9.22 Å². The molecule has 220 valence electrons. The molecular formula is C39H38N2O2Si. The predicted molar refractivity (Wildman–Crippen MR) is 182 cm³/mol. The van der Waals surface area contributed by atoms with Crippen LogP contribution in [0.4, 0.5) is 0 Å². The molecule has 1 aromatic heterocycles. The molecule has 6 aromatic rings. The second kappa shape index (κ2) is 11.4. The van der Waals surface area contributed by atoms with Gasteiger partial charge in [-0.2, -0.15) is 0 Å². The largest absolute Gasteiger partial charge is 0.543 e. The van der Waals surface area contributed by atoms with Gasteiger partial charge in [-0.05, 0) is 63.8 Å². The topological polar surface area (TPSA) is 44.1 Å². The van der Waals surface area contributed by atoms with Crippen LogP contribution < -0.4 is 4.43 Å². The van der Waals surface area contributed by atoms with Crippen LogP contribution in [0.1, 0.15) is 53.5 Å². The summed E-state index contributed by atoms with van der Waals surface area (Å²) in [5.74, 6) is 0.760. The highest BCUT2D eigenvalue weighted by Crippen LogP contribution is 2.41. The molecule has 1 heterocycles. The maximum Gasteiger partial charge on any atom is 0.250 e. The summed E-state index contributed by atoms with van der Waals surface area (Å²) in [6, 6.07) is 43.1. The summed E-state index contributed by atoms with van der Waals surface area (Å²) < 4.78 is 8.60. The van der Waals surface area contributed by atoms with Crippen LogP contribution in [-0.4, -0.2) is 23.7 Å². The van der Waals surface area contributed by atoms with Crippen LogP contribution >= 0.6 is 0 Å². The summed E-state index contributed by atoms with van der Waals surface area (Å²) in [6.45, 7) is 11.2. The molecule has 0 N–H and O–H groups in total. The first-order valence-electron chi connectivity index (χ1n) is 15.1. The van der Waals surface area contributed by atoms with E-state index in [-0.39, 0.29) is 10.8 Å². The van der Waals surface area contributed by atoms with Crippen molar-refractivity contribution in [2.24, 2.45) is 0 Å². The lowest BCUT2D eigenvalue weighted by molar-refractivity contribution is 0.103. The van der Waals surface area contributed by atoms with Crippen LogP contribution in [0.15, 0.2) is 140 Å². The maximum atomic E-state index is 13.9. The Bertz CT molecular complexity index is 1810. The lowest BCUT2D eigenvalue weighted by atomic mass is 9.77. The van der Waals surface area contributed by atoms with Crippen molar-refractivity contribution in [1.29, 1.82) is 0 Å². The van der Waals surface area contributed by atoms with E-state index in [0.29, 0.717) is 11.3 Å². The van der Waals surface area contributed by atoms with Crippen molar-refractivity contribution in [2.75, 3.05) is 0 Å². The number of fused-ring (bicyclic) bond motifs is 1. The number of rotatable bonds is 8. The first-order chi connectivity index (χ1) is 21.1. The average molecular weight is 595 g/mol. The number of aromatic nitrogens is 2. The Hall–Kier alpha value is -4.74. The molecule has 0 spiro atoms. The van der Waals surface area contributed by atoms with E-state index in [1.165, 1.54) is 0 Å². The van der Waals surface area contributed by atoms with E-state index in [4.69, 9.17) is 9.41 Å². The molecule has 0 atom stereocenters. The molecule has 0 saturated heterocycles. The van der Waals surface area contributed by atoms with Gasteiger partial charge in [0.25, 0.3) is 0 Å². The summed E-state index contributed by atoms with van der Waals surface area (Å²) in [7, 11) is -1.96. The van der Waals surface area contributed by atoms with Gasteiger partial charge < -0.3 is 8.99 Å². The maximum absolute atomic E-state index is 13.9. The number of carbonyl (C=O) groups excluding carboxylic acids is 1. The Kier molecular flexibility index (Phi) is 7.60.